The molecule has 0 amide bonds. The molecule has 0 fully saturated rings. The summed E-state index contributed by atoms with van der Waals surface area (Å²) in [5, 5.41) is 1.92. The lowest BCUT2D eigenvalue weighted by Crippen LogP contribution is -2.13. The van der Waals surface area contributed by atoms with E-state index in [4.69, 9.17) is 40.5 Å². The van der Waals surface area contributed by atoms with Crippen molar-refractivity contribution in [2.75, 3.05) is 0 Å². The second-order valence-electron chi connectivity index (χ2n) is 4.14. The van der Waals surface area contributed by atoms with Crippen LogP contribution in [0.5, 0.6) is 0 Å². The van der Waals surface area contributed by atoms with Gasteiger partial charge >= 0.3 is 0 Å². The summed E-state index contributed by atoms with van der Waals surface area (Å²) < 4.78 is 0. The predicted molar refractivity (Wildman–Crippen MR) is 78.5 cm³/mol. The van der Waals surface area contributed by atoms with E-state index in [1.165, 1.54) is 0 Å². The Morgan fingerprint density at radius 2 is 1.39 bits per heavy atom. The molecule has 0 aliphatic carbocycles. The quantitative estimate of drug-likeness (QED) is 0.858. The molecule has 1 nitrogen and oxygen atoms in total. The zero-order valence-electron chi connectivity index (χ0n) is 9.54. The fourth-order valence-corrected chi connectivity index (χ4v) is 2.45. The van der Waals surface area contributed by atoms with Gasteiger partial charge in [0.15, 0.2) is 0 Å². The number of hydrogen-bond acceptors (Lipinski definition) is 1. The molecule has 2 aromatic carbocycles. The van der Waals surface area contributed by atoms with Gasteiger partial charge < -0.3 is 5.73 Å². The Labute approximate surface area is 121 Å². The minimum atomic E-state index is -0.137. The van der Waals surface area contributed by atoms with Gasteiger partial charge in [0.05, 0.1) is 0 Å². The largest absolute Gasteiger partial charge is 0.324 e. The van der Waals surface area contributed by atoms with Crippen molar-refractivity contribution in [2.45, 2.75) is 12.5 Å². The van der Waals surface area contributed by atoms with E-state index in [1.807, 2.05) is 36.4 Å². The third kappa shape index (κ3) is 3.63. The Kier molecular flexibility index (Phi) is 4.52. The minimum Gasteiger partial charge on any atom is -0.324 e. The van der Waals surface area contributed by atoms with E-state index in [0.29, 0.717) is 16.5 Å². The standard InChI is InChI=1S/C14H12Cl3N/c15-11-3-1-9(2-4-11)5-14(18)10-6-12(16)8-13(17)7-10/h1-4,6-8,14H,5,18H2. The summed E-state index contributed by atoms with van der Waals surface area (Å²) in [5.41, 5.74) is 8.21. The van der Waals surface area contributed by atoms with Gasteiger partial charge in [0.2, 0.25) is 0 Å². The molecule has 0 aliphatic rings. The van der Waals surface area contributed by atoms with Crippen LogP contribution in [-0.4, -0.2) is 0 Å². The maximum atomic E-state index is 6.15. The van der Waals surface area contributed by atoms with E-state index in [-0.39, 0.29) is 6.04 Å². The molecule has 4 heteroatoms. The van der Waals surface area contributed by atoms with Gasteiger partial charge in [0, 0.05) is 21.1 Å². The van der Waals surface area contributed by atoms with Crippen molar-refractivity contribution in [3.05, 3.63) is 68.7 Å². The van der Waals surface area contributed by atoms with Gasteiger partial charge in [0.1, 0.15) is 0 Å². The normalized spacial score (nSPS) is 12.4. The van der Waals surface area contributed by atoms with Gasteiger partial charge in [-0.15, -0.1) is 0 Å². The number of nitrogens with two attached hydrogens (primary N) is 1. The second kappa shape index (κ2) is 5.94. The lowest BCUT2D eigenvalue weighted by Gasteiger charge is -2.13. The van der Waals surface area contributed by atoms with Crippen molar-refractivity contribution >= 4 is 34.8 Å². The number of rotatable bonds is 3. The molecule has 1 atom stereocenters. The van der Waals surface area contributed by atoms with Crippen molar-refractivity contribution in [3.8, 4) is 0 Å². The zero-order valence-corrected chi connectivity index (χ0v) is 11.8. The number of benzene rings is 2. The van der Waals surface area contributed by atoms with Crippen molar-refractivity contribution in [3.63, 3.8) is 0 Å². The molecule has 18 heavy (non-hydrogen) atoms. The summed E-state index contributed by atoms with van der Waals surface area (Å²) in [6.45, 7) is 0. The molecule has 2 N–H and O–H groups in total. The van der Waals surface area contributed by atoms with Crippen LogP contribution in [0, 0.1) is 0 Å². The van der Waals surface area contributed by atoms with Gasteiger partial charge in [-0.3, -0.25) is 0 Å². The Hall–Kier alpha value is -0.730. The first-order valence-electron chi connectivity index (χ1n) is 5.50. The molecule has 0 saturated carbocycles. The monoisotopic (exact) mass is 299 g/mol. The van der Waals surface area contributed by atoms with Gasteiger partial charge in [-0.05, 0) is 47.9 Å². The van der Waals surface area contributed by atoms with Gasteiger partial charge in [0.25, 0.3) is 0 Å². The lowest BCUT2D eigenvalue weighted by atomic mass is 10.00. The van der Waals surface area contributed by atoms with Crippen LogP contribution in [0.1, 0.15) is 17.2 Å². The Morgan fingerprint density at radius 1 is 0.833 bits per heavy atom. The van der Waals surface area contributed by atoms with Crippen LogP contribution in [0.15, 0.2) is 42.5 Å². The smallest absolute Gasteiger partial charge is 0.0424 e. The molecule has 0 radical (unpaired) electrons. The summed E-state index contributed by atoms with van der Waals surface area (Å²) in [6, 6.07) is 12.9. The molecule has 2 aromatic rings. The fraction of sp³-hybridized carbons (Fsp3) is 0.143. The predicted octanol–water partition coefficient (Wildman–Crippen LogP) is 4.89. The molecule has 2 rings (SSSR count). The highest BCUT2D eigenvalue weighted by molar-refractivity contribution is 6.34. The summed E-state index contributed by atoms with van der Waals surface area (Å²) in [4.78, 5) is 0. The summed E-state index contributed by atoms with van der Waals surface area (Å²) in [5.74, 6) is 0. The van der Waals surface area contributed by atoms with Crippen molar-refractivity contribution in [2.24, 2.45) is 5.73 Å². The Bertz CT molecular complexity index is 517. The third-order valence-corrected chi connectivity index (χ3v) is 3.37. The molecule has 0 bridgehead atoms. The van der Waals surface area contributed by atoms with Crippen LogP contribution >= 0.6 is 34.8 Å². The molecular formula is C14H12Cl3N. The van der Waals surface area contributed by atoms with Gasteiger partial charge in [-0.1, -0.05) is 46.9 Å². The average molecular weight is 301 g/mol. The molecule has 94 valence electrons. The molecular weight excluding hydrogens is 289 g/mol. The summed E-state index contributed by atoms with van der Waals surface area (Å²) in [7, 11) is 0. The van der Waals surface area contributed by atoms with Gasteiger partial charge in [-0.25, -0.2) is 0 Å². The van der Waals surface area contributed by atoms with E-state index in [0.717, 1.165) is 16.1 Å². The topological polar surface area (TPSA) is 26.0 Å². The molecule has 0 aliphatic heterocycles. The van der Waals surface area contributed by atoms with Crippen LogP contribution in [0.3, 0.4) is 0 Å². The first kappa shape index (κ1) is 13.7. The summed E-state index contributed by atoms with van der Waals surface area (Å²) >= 11 is 17.8. The van der Waals surface area contributed by atoms with E-state index in [2.05, 4.69) is 0 Å². The van der Waals surface area contributed by atoms with Gasteiger partial charge in [-0.2, -0.15) is 0 Å². The van der Waals surface area contributed by atoms with E-state index in [9.17, 15) is 0 Å². The van der Waals surface area contributed by atoms with Crippen molar-refractivity contribution < 1.29 is 0 Å². The average Bonchev–Trinajstić information content (AvgIpc) is 2.31. The SMILES string of the molecule is NC(Cc1ccc(Cl)cc1)c1cc(Cl)cc(Cl)c1. The Balaban J connectivity index is 2.16. The van der Waals surface area contributed by atoms with E-state index < -0.39 is 0 Å². The van der Waals surface area contributed by atoms with Crippen LogP contribution in [-0.2, 0) is 6.42 Å². The van der Waals surface area contributed by atoms with Crippen LogP contribution < -0.4 is 5.73 Å². The van der Waals surface area contributed by atoms with E-state index >= 15 is 0 Å². The lowest BCUT2D eigenvalue weighted by molar-refractivity contribution is 0.722. The fourth-order valence-electron chi connectivity index (χ4n) is 1.78. The zero-order chi connectivity index (χ0) is 13.1. The van der Waals surface area contributed by atoms with Crippen molar-refractivity contribution in [1.82, 2.24) is 0 Å². The molecule has 0 aromatic heterocycles. The first-order chi connectivity index (χ1) is 8.54. The molecule has 0 spiro atoms. The van der Waals surface area contributed by atoms with Crippen LogP contribution in [0.25, 0.3) is 0 Å². The highest BCUT2D eigenvalue weighted by Crippen LogP contribution is 2.24. The first-order valence-corrected chi connectivity index (χ1v) is 6.64. The second-order valence-corrected chi connectivity index (χ2v) is 5.45. The van der Waals surface area contributed by atoms with E-state index in [1.54, 1.807) is 6.07 Å². The van der Waals surface area contributed by atoms with Crippen LogP contribution in [0.2, 0.25) is 15.1 Å². The maximum absolute atomic E-state index is 6.15. The number of halogens is 3. The number of hydrogen-bond donors (Lipinski definition) is 1. The molecule has 0 saturated heterocycles. The summed E-state index contributed by atoms with van der Waals surface area (Å²) in [6.07, 6.45) is 0.716. The van der Waals surface area contributed by atoms with Crippen LogP contribution in [0.4, 0.5) is 0 Å². The highest BCUT2D eigenvalue weighted by atomic mass is 35.5. The third-order valence-electron chi connectivity index (χ3n) is 2.68. The van der Waals surface area contributed by atoms with Crippen molar-refractivity contribution in [1.29, 1.82) is 0 Å². The minimum absolute atomic E-state index is 0.137. The Morgan fingerprint density at radius 3 is 1.94 bits per heavy atom. The highest BCUT2D eigenvalue weighted by Gasteiger charge is 2.09. The molecule has 1 unspecified atom stereocenters. The maximum Gasteiger partial charge on any atom is 0.0424 e. The molecule has 0 heterocycles.